The minimum atomic E-state index is -3.74. The van der Waals surface area contributed by atoms with Crippen molar-refractivity contribution in [3.05, 3.63) is 47.5 Å². The van der Waals surface area contributed by atoms with E-state index in [1.807, 2.05) is 31.2 Å². The molecule has 2 aromatic rings. The number of rotatable bonds is 2. The van der Waals surface area contributed by atoms with Crippen LogP contribution < -0.4 is 14.4 Å². The molecule has 0 spiro atoms. The van der Waals surface area contributed by atoms with Crippen LogP contribution >= 0.6 is 0 Å². The molecular weight excluding hydrogens is 340 g/mol. The van der Waals surface area contributed by atoms with Gasteiger partial charge in [0.25, 0.3) is 15.9 Å². The summed E-state index contributed by atoms with van der Waals surface area (Å²) < 4.78 is 33.6. The van der Waals surface area contributed by atoms with Crippen LogP contribution in [-0.2, 0) is 21.2 Å². The predicted molar refractivity (Wildman–Crippen MR) is 94.6 cm³/mol. The lowest BCUT2D eigenvalue weighted by atomic mass is 10.1. The monoisotopic (exact) mass is 358 g/mol. The van der Waals surface area contributed by atoms with Gasteiger partial charge >= 0.3 is 0 Å². The molecule has 0 unspecified atom stereocenters. The van der Waals surface area contributed by atoms with Gasteiger partial charge in [-0.2, -0.15) is 0 Å². The summed E-state index contributed by atoms with van der Waals surface area (Å²) in [6.45, 7) is 3.51. The normalized spacial score (nSPS) is 19.0. The molecule has 0 aromatic heterocycles. The van der Waals surface area contributed by atoms with Gasteiger partial charge in [-0.25, -0.2) is 8.42 Å². The zero-order valence-corrected chi connectivity index (χ0v) is 14.8. The molecule has 0 fully saturated rings. The first-order valence-electron chi connectivity index (χ1n) is 8.07. The Hall–Kier alpha value is -2.54. The van der Waals surface area contributed by atoms with Gasteiger partial charge in [-0.3, -0.25) is 9.10 Å². The standard InChI is InChI=1S/C18H18N2O4S/c1-11-7-14-16(24-10-18(21)19-14)9-17(11)25(22,23)20-12(2)8-13-5-3-4-6-15(13)20/h3-7,9,12H,8,10H2,1-2H3,(H,19,21)/t12-/m1/s1. The number of fused-ring (bicyclic) bond motifs is 2. The lowest BCUT2D eigenvalue weighted by molar-refractivity contribution is -0.118. The van der Waals surface area contributed by atoms with Gasteiger partial charge in [-0.05, 0) is 43.5 Å². The van der Waals surface area contributed by atoms with E-state index in [0.717, 1.165) is 11.3 Å². The Kier molecular flexibility index (Phi) is 3.50. The number of para-hydroxylation sites is 1. The number of ether oxygens (including phenoxy) is 1. The van der Waals surface area contributed by atoms with E-state index >= 15 is 0 Å². The van der Waals surface area contributed by atoms with Crippen LogP contribution in [0, 0.1) is 6.92 Å². The molecule has 0 bridgehead atoms. The fraction of sp³-hybridized carbons (Fsp3) is 0.278. The predicted octanol–water partition coefficient (Wildman–Crippen LogP) is 2.47. The van der Waals surface area contributed by atoms with E-state index < -0.39 is 10.0 Å². The molecule has 130 valence electrons. The maximum absolute atomic E-state index is 13.4. The van der Waals surface area contributed by atoms with Gasteiger partial charge in [0.15, 0.2) is 6.61 Å². The molecule has 0 radical (unpaired) electrons. The number of benzene rings is 2. The molecular formula is C18H18N2O4S. The van der Waals surface area contributed by atoms with Crippen LogP contribution in [0.4, 0.5) is 11.4 Å². The number of amides is 1. The van der Waals surface area contributed by atoms with Gasteiger partial charge in [-0.15, -0.1) is 0 Å². The van der Waals surface area contributed by atoms with Crippen LogP contribution in [0.2, 0.25) is 0 Å². The average molecular weight is 358 g/mol. The van der Waals surface area contributed by atoms with E-state index in [9.17, 15) is 13.2 Å². The molecule has 1 atom stereocenters. The second-order valence-corrected chi connectivity index (χ2v) is 8.22. The van der Waals surface area contributed by atoms with Crippen LogP contribution in [0.3, 0.4) is 0 Å². The Morgan fingerprint density at radius 1 is 1.24 bits per heavy atom. The first kappa shape index (κ1) is 16.0. The number of sulfonamides is 1. The van der Waals surface area contributed by atoms with E-state index in [0.29, 0.717) is 23.4 Å². The van der Waals surface area contributed by atoms with Crippen molar-refractivity contribution in [3.8, 4) is 5.75 Å². The van der Waals surface area contributed by atoms with Gasteiger partial charge in [0.05, 0.1) is 16.3 Å². The molecule has 0 saturated heterocycles. The van der Waals surface area contributed by atoms with Crippen molar-refractivity contribution in [2.75, 3.05) is 16.2 Å². The number of hydrogen-bond acceptors (Lipinski definition) is 4. The molecule has 1 amide bonds. The van der Waals surface area contributed by atoms with Gasteiger partial charge < -0.3 is 10.1 Å². The van der Waals surface area contributed by atoms with Crippen LogP contribution in [-0.4, -0.2) is 27.0 Å². The number of carbonyl (C=O) groups excluding carboxylic acids is 1. The van der Waals surface area contributed by atoms with Gasteiger partial charge in [0.1, 0.15) is 5.75 Å². The van der Waals surface area contributed by atoms with Crippen molar-refractivity contribution in [1.29, 1.82) is 0 Å². The molecule has 2 aliphatic rings. The highest BCUT2D eigenvalue weighted by Crippen LogP contribution is 2.39. The van der Waals surface area contributed by atoms with Crippen LogP contribution in [0.15, 0.2) is 41.3 Å². The molecule has 6 nitrogen and oxygen atoms in total. The van der Waals surface area contributed by atoms with E-state index in [-0.39, 0.29) is 23.5 Å². The summed E-state index contributed by atoms with van der Waals surface area (Å²) >= 11 is 0. The van der Waals surface area contributed by atoms with Crippen molar-refractivity contribution < 1.29 is 17.9 Å². The summed E-state index contributed by atoms with van der Waals surface area (Å²) in [5.41, 5.74) is 2.82. The molecule has 25 heavy (non-hydrogen) atoms. The van der Waals surface area contributed by atoms with E-state index in [4.69, 9.17) is 4.74 Å². The third-order valence-corrected chi connectivity index (χ3v) is 6.66. The highest BCUT2D eigenvalue weighted by atomic mass is 32.2. The van der Waals surface area contributed by atoms with Crippen molar-refractivity contribution in [3.63, 3.8) is 0 Å². The van der Waals surface area contributed by atoms with Gasteiger partial charge in [-0.1, -0.05) is 18.2 Å². The summed E-state index contributed by atoms with van der Waals surface area (Å²) in [7, 11) is -3.74. The largest absolute Gasteiger partial charge is 0.482 e. The van der Waals surface area contributed by atoms with Crippen LogP contribution in [0.1, 0.15) is 18.1 Å². The molecule has 2 heterocycles. The maximum atomic E-state index is 13.4. The number of aryl methyl sites for hydroxylation is 1. The van der Waals surface area contributed by atoms with Crippen molar-refractivity contribution in [2.45, 2.75) is 31.2 Å². The second-order valence-electron chi connectivity index (χ2n) is 6.43. The minimum absolute atomic E-state index is 0.113. The third kappa shape index (κ3) is 2.46. The van der Waals surface area contributed by atoms with E-state index in [1.165, 1.54) is 10.4 Å². The summed E-state index contributed by atoms with van der Waals surface area (Å²) in [6, 6.07) is 10.6. The fourth-order valence-electron chi connectivity index (χ4n) is 3.50. The van der Waals surface area contributed by atoms with Crippen molar-refractivity contribution in [2.24, 2.45) is 0 Å². The van der Waals surface area contributed by atoms with Crippen LogP contribution in [0.5, 0.6) is 5.75 Å². The zero-order chi connectivity index (χ0) is 17.8. The highest BCUT2D eigenvalue weighted by molar-refractivity contribution is 7.93. The molecule has 1 N–H and O–H groups in total. The first-order valence-corrected chi connectivity index (χ1v) is 9.51. The Labute approximate surface area is 146 Å². The third-order valence-electron chi connectivity index (χ3n) is 4.59. The lowest BCUT2D eigenvalue weighted by Crippen LogP contribution is -2.36. The SMILES string of the molecule is Cc1cc2c(cc1S(=O)(=O)N1c3ccccc3C[C@H]1C)OCC(=O)N2. The summed E-state index contributed by atoms with van der Waals surface area (Å²) in [6.07, 6.45) is 0.686. The quantitative estimate of drug-likeness (QED) is 0.895. The van der Waals surface area contributed by atoms with Crippen molar-refractivity contribution in [1.82, 2.24) is 0 Å². The topological polar surface area (TPSA) is 75.7 Å². The smallest absolute Gasteiger partial charge is 0.264 e. The Bertz CT molecular complexity index is 985. The average Bonchev–Trinajstić information content (AvgIpc) is 2.90. The lowest BCUT2D eigenvalue weighted by Gasteiger charge is -2.26. The molecule has 7 heteroatoms. The van der Waals surface area contributed by atoms with Crippen LogP contribution in [0.25, 0.3) is 0 Å². The van der Waals surface area contributed by atoms with E-state index in [1.54, 1.807) is 13.0 Å². The molecule has 2 aliphatic heterocycles. The van der Waals surface area contributed by atoms with E-state index in [2.05, 4.69) is 5.32 Å². The Balaban J connectivity index is 1.83. The molecule has 0 saturated carbocycles. The number of anilines is 2. The first-order chi connectivity index (χ1) is 11.9. The van der Waals surface area contributed by atoms with Gasteiger partial charge in [0, 0.05) is 12.1 Å². The number of hydrogen-bond donors (Lipinski definition) is 1. The second kappa shape index (κ2) is 5.49. The summed E-state index contributed by atoms with van der Waals surface area (Å²) in [4.78, 5) is 11.6. The van der Waals surface area contributed by atoms with Gasteiger partial charge in [0.2, 0.25) is 0 Å². The highest BCUT2D eigenvalue weighted by Gasteiger charge is 2.37. The summed E-state index contributed by atoms with van der Waals surface area (Å²) in [5, 5.41) is 2.70. The molecule has 2 aromatic carbocycles. The fourth-order valence-corrected chi connectivity index (χ4v) is 5.42. The van der Waals surface area contributed by atoms with Crippen molar-refractivity contribution >= 4 is 27.3 Å². The number of carbonyl (C=O) groups is 1. The Morgan fingerprint density at radius 2 is 2.00 bits per heavy atom. The molecule has 4 rings (SSSR count). The number of nitrogens with zero attached hydrogens (tertiary/aromatic N) is 1. The Morgan fingerprint density at radius 3 is 2.80 bits per heavy atom. The molecule has 0 aliphatic carbocycles. The summed E-state index contributed by atoms with van der Waals surface area (Å²) in [5.74, 6) is 0.133. The minimum Gasteiger partial charge on any atom is -0.482 e. The zero-order valence-electron chi connectivity index (χ0n) is 13.9. The maximum Gasteiger partial charge on any atom is 0.264 e. The number of nitrogens with one attached hydrogen (secondary N) is 1.